The van der Waals surface area contributed by atoms with E-state index >= 15 is 0 Å². The molecule has 0 aliphatic carbocycles. The fourth-order valence-corrected chi connectivity index (χ4v) is 18.1. The second kappa shape index (κ2) is 14.0. The van der Waals surface area contributed by atoms with E-state index in [9.17, 15) is 9.59 Å². The molecule has 0 saturated heterocycles. The van der Waals surface area contributed by atoms with E-state index in [0.717, 1.165) is 6.42 Å². The second-order valence-corrected chi connectivity index (χ2v) is 21.6. The van der Waals surface area contributed by atoms with Crippen molar-refractivity contribution in [2.75, 3.05) is 19.7 Å². The molecule has 0 saturated carbocycles. The minimum atomic E-state index is -2.52. The Kier molecular flexibility index (Phi) is 15.0. The SMILES string of the molecule is C=CC(=O)N(CCC)CC(O)CO.C[SiH](C)O[Si](C)(C)O[Si](C)(C)O[Si](C)(C)O. The van der Waals surface area contributed by atoms with Crippen molar-refractivity contribution >= 4 is 40.6 Å². The molecule has 1 amide bonds. The summed E-state index contributed by atoms with van der Waals surface area (Å²) >= 11 is 0. The molecule has 0 fully saturated rings. The van der Waals surface area contributed by atoms with Crippen LogP contribution < -0.4 is 0 Å². The molecule has 0 heterocycles. The van der Waals surface area contributed by atoms with Gasteiger partial charge in [0.2, 0.25) is 5.91 Å². The fraction of sp³-hybridized carbons (Fsp3) is 0.824. The first-order valence-corrected chi connectivity index (χ1v) is 21.3. The molecule has 0 aliphatic rings. The summed E-state index contributed by atoms with van der Waals surface area (Å²) in [7, 11) is -7.97. The molecule has 0 spiro atoms. The van der Waals surface area contributed by atoms with Crippen LogP contribution in [-0.4, -0.2) is 86.3 Å². The van der Waals surface area contributed by atoms with Gasteiger partial charge < -0.3 is 32.3 Å². The quantitative estimate of drug-likeness (QED) is 0.286. The van der Waals surface area contributed by atoms with E-state index < -0.39 is 40.8 Å². The maximum atomic E-state index is 11.2. The monoisotopic (exact) mass is 485 g/mol. The summed E-state index contributed by atoms with van der Waals surface area (Å²) in [6, 6.07) is 0. The molecular formula is C17H43NO7Si4. The molecule has 0 aliphatic heterocycles. The molecule has 1 unspecified atom stereocenters. The average molecular weight is 486 g/mol. The highest BCUT2D eigenvalue weighted by Gasteiger charge is 2.40. The lowest BCUT2D eigenvalue weighted by atomic mass is 10.3. The number of amides is 1. The molecule has 12 heteroatoms. The second-order valence-electron chi connectivity index (χ2n) is 8.44. The van der Waals surface area contributed by atoms with Crippen molar-refractivity contribution in [3.05, 3.63) is 12.7 Å². The lowest BCUT2D eigenvalue weighted by Gasteiger charge is -2.36. The van der Waals surface area contributed by atoms with E-state index in [4.69, 9.17) is 22.6 Å². The van der Waals surface area contributed by atoms with Gasteiger partial charge in [-0.15, -0.1) is 0 Å². The first kappa shape index (κ1) is 31.0. The van der Waals surface area contributed by atoms with Gasteiger partial charge in [0, 0.05) is 13.1 Å². The molecule has 0 aromatic carbocycles. The maximum Gasteiger partial charge on any atom is 0.320 e. The number of aliphatic hydroxyl groups is 2. The van der Waals surface area contributed by atoms with Gasteiger partial charge in [0.1, 0.15) is 0 Å². The third-order valence-electron chi connectivity index (χ3n) is 3.13. The molecule has 1 atom stereocenters. The van der Waals surface area contributed by atoms with Crippen molar-refractivity contribution in [2.45, 2.75) is 71.8 Å². The van der Waals surface area contributed by atoms with Gasteiger partial charge in [-0.2, -0.15) is 0 Å². The Labute approximate surface area is 182 Å². The maximum absolute atomic E-state index is 11.2. The minimum absolute atomic E-state index is 0.162. The number of carbonyl (C=O) groups excluding carboxylic acids is 1. The zero-order valence-corrected chi connectivity index (χ0v) is 23.8. The molecule has 3 N–H and O–H groups in total. The van der Waals surface area contributed by atoms with E-state index in [1.807, 2.05) is 33.1 Å². The van der Waals surface area contributed by atoms with Gasteiger partial charge >= 0.3 is 25.7 Å². The lowest BCUT2D eigenvalue weighted by molar-refractivity contribution is -0.127. The van der Waals surface area contributed by atoms with E-state index in [1.54, 1.807) is 13.1 Å². The van der Waals surface area contributed by atoms with Crippen LogP contribution in [-0.2, 0) is 17.1 Å². The van der Waals surface area contributed by atoms with Crippen LogP contribution in [0.5, 0.6) is 0 Å². The normalized spacial score (nSPS) is 13.6. The van der Waals surface area contributed by atoms with Gasteiger partial charge in [-0.3, -0.25) is 4.79 Å². The summed E-state index contributed by atoms with van der Waals surface area (Å²) in [5.74, 6) is -0.214. The van der Waals surface area contributed by atoms with Gasteiger partial charge in [0.05, 0.1) is 12.7 Å². The lowest BCUT2D eigenvalue weighted by Crippen LogP contribution is -2.54. The van der Waals surface area contributed by atoms with Crippen LogP contribution in [0.15, 0.2) is 12.7 Å². The van der Waals surface area contributed by atoms with Crippen LogP contribution in [0.2, 0.25) is 52.4 Å². The van der Waals surface area contributed by atoms with E-state index in [2.05, 4.69) is 19.7 Å². The van der Waals surface area contributed by atoms with Gasteiger partial charge in [-0.05, 0) is 64.9 Å². The van der Waals surface area contributed by atoms with Gasteiger partial charge in [0.15, 0.2) is 9.04 Å². The van der Waals surface area contributed by atoms with Crippen molar-refractivity contribution in [3.8, 4) is 0 Å². The number of rotatable bonds is 12. The number of hydrogen-bond acceptors (Lipinski definition) is 7. The van der Waals surface area contributed by atoms with Crippen molar-refractivity contribution in [3.63, 3.8) is 0 Å². The standard InChI is InChI=1S/C9H17NO3.C8H26O4Si4/c1-3-5-10(9(13)4-2)6-8(12)7-11;1-13(2)10-15(5,6)12-16(7,8)11-14(3,4)9/h4,8,11-12H,2-3,5-7H2,1H3;9,13H,1-8H3. The van der Waals surface area contributed by atoms with Crippen LogP contribution in [0.1, 0.15) is 13.3 Å². The zero-order valence-electron chi connectivity index (χ0n) is 19.7. The average Bonchev–Trinajstić information content (AvgIpc) is 2.49. The molecule has 8 nitrogen and oxygen atoms in total. The predicted molar refractivity (Wildman–Crippen MR) is 127 cm³/mol. The molecular weight excluding hydrogens is 443 g/mol. The Hall–Kier alpha value is -0.162. The number of nitrogens with zero attached hydrogens (tertiary/aromatic N) is 1. The molecule has 0 rings (SSSR count). The molecule has 0 aromatic rings. The summed E-state index contributed by atoms with van der Waals surface area (Å²) in [6.07, 6.45) is 1.16. The van der Waals surface area contributed by atoms with Crippen LogP contribution in [0.3, 0.4) is 0 Å². The van der Waals surface area contributed by atoms with Crippen LogP contribution >= 0.6 is 0 Å². The predicted octanol–water partition coefficient (Wildman–Crippen LogP) is 1.88. The smallest absolute Gasteiger partial charge is 0.320 e. The van der Waals surface area contributed by atoms with Crippen molar-refractivity contribution in [2.24, 2.45) is 0 Å². The summed E-state index contributed by atoms with van der Waals surface area (Å²) in [4.78, 5) is 22.4. The highest BCUT2D eigenvalue weighted by molar-refractivity contribution is 6.85. The van der Waals surface area contributed by atoms with Gasteiger partial charge in [0.25, 0.3) is 0 Å². The highest BCUT2D eigenvalue weighted by atomic mass is 28.5. The minimum Gasteiger partial charge on any atom is -0.440 e. The largest absolute Gasteiger partial charge is 0.440 e. The van der Waals surface area contributed by atoms with E-state index in [0.29, 0.717) is 6.54 Å². The number of carbonyl (C=O) groups is 1. The molecule has 174 valence electrons. The Morgan fingerprint density at radius 1 is 1.14 bits per heavy atom. The summed E-state index contributed by atoms with van der Waals surface area (Å²) in [5, 5.41) is 17.7. The third kappa shape index (κ3) is 18.3. The van der Waals surface area contributed by atoms with E-state index in [1.165, 1.54) is 11.0 Å². The summed E-state index contributed by atoms with van der Waals surface area (Å²) in [5.41, 5.74) is 0. The Morgan fingerprint density at radius 3 is 2.00 bits per heavy atom. The first-order valence-electron chi connectivity index (χ1n) is 9.99. The van der Waals surface area contributed by atoms with Crippen LogP contribution in [0.25, 0.3) is 0 Å². The van der Waals surface area contributed by atoms with Gasteiger partial charge in [-0.1, -0.05) is 13.5 Å². The van der Waals surface area contributed by atoms with E-state index in [-0.39, 0.29) is 19.1 Å². The summed E-state index contributed by atoms with van der Waals surface area (Å²) < 4.78 is 17.7. The highest BCUT2D eigenvalue weighted by Crippen LogP contribution is 2.20. The molecule has 29 heavy (non-hydrogen) atoms. The number of hydrogen-bond donors (Lipinski definition) is 3. The van der Waals surface area contributed by atoms with Crippen molar-refractivity contribution in [1.29, 1.82) is 0 Å². The van der Waals surface area contributed by atoms with Crippen LogP contribution in [0, 0.1) is 0 Å². The van der Waals surface area contributed by atoms with Crippen LogP contribution in [0.4, 0.5) is 0 Å². The number of aliphatic hydroxyl groups excluding tert-OH is 2. The topological polar surface area (TPSA) is 109 Å². The first-order chi connectivity index (χ1) is 13.0. The molecule has 0 aromatic heterocycles. The van der Waals surface area contributed by atoms with Crippen molar-refractivity contribution < 1.29 is 32.1 Å². The fourth-order valence-electron chi connectivity index (χ4n) is 2.81. The Morgan fingerprint density at radius 2 is 1.66 bits per heavy atom. The van der Waals surface area contributed by atoms with Crippen molar-refractivity contribution in [1.82, 2.24) is 4.90 Å². The Balaban J connectivity index is 0. The molecule has 0 radical (unpaired) electrons. The third-order valence-corrected chi connectivity index (χ3v) is 15.2. The molecule has 0 bridgehead atoms. The van der Waals surface area contributed by atoms with Gasteiger partial charge in [-0.25, -0.2) is 0 Å². The zero-order chi connectivity index (χ0) is 23.5. The Bertz CT molecular complexity index is 485. The summed E-state index contributed by atoms with van der Waals surface area (Å²) in [6.45, 7) is 21.5.